The number of carbonyl (C=O) groups excluding carboxylic acids is 9. The van der Waals surface area contributed by atoms with E-state index in [2.05, 4.69) is 88.1 Å². The number of aromatic amines is 3. The van der Waals surface area contributed by atoms with Gasteiger partial charge in [-0.05, 0) is 69.6 Å². The average Bonchev–Trinajstić information content (AvgIpc) is 1.38. The number of aromatic nitrogens is 9. The van der Waals surface area contributed by atoms with E-state index in [4.69, 9.17) is 5.11 Å². The van der Waals surface area contributed by atoms with Crippen LogP contribution in [0.1, 0.15) is 146 Å². The van der Waals surface area contributed by atoms with E-state index in [1.807, 2.05) is 26.1 Å². The Labute approximate surface area is 570 Å². The number of nitrogens with one attached hydrogen (secondary N) is 13. The Balaban J connectivity index is 1.48. The summed E-state index contributed by atoms with van der Waals surface area (Å²) in [4.78, 5) is 214. The first-order valence-electron chi connectivity index (χ1n) is 31.9. The van der Waals surface area contributed by atoms with E-state index in [9.17, 15) is 97.5 Å². The number of carbonyl (C=O) groups is 15. The molecule has 40 heteroatoms. The SMILES string of the molecule is CC(C)(C)CCC(=O)NCc1cn(CCCCC(=O)NC(CCC(=O)O)C(=O)NC(Cc2cnc[nH]2)C(=O)NC(CCC(=O)O)C(=O)NC(Cc2cnc[nH]2)C(=O)NC(CCC(=O)O)C(=O)NC(Cc2cnc[nH]2)C(=O)NCCCCC(NC(=O)NC(CCC(=O)O)C(=O)O)C(=O)O)nn1. The number of nitrogens with zero attached hydrogens (tertiary/aromatic N) is 6. The lowest BCUT2D eigenvalue weighted by atomic mass is 9.90. The molecule has 8 unspecified atom stereocenters. The minimum absolute atomic E-state index is 0.0173. The van der Waals surface area contributed by atoms with Gasteiger partial charge in [0.1, 0.15) is 54.0 Å². The molecule has 0 saturated heterocycles. The Morgan fingerprint density at radius 2 is 0.830 bits per heavy atom. The van der Waals surface area contributed by atoms with Gasteiger partial charge in [-0.25, -0.2) is 29.3 Å². The third kappa shape index (κ3) is 32.1. The maximum absolute atomic E-state index is 14.5. The van der Waals surface area contributed by atoms with Crippen LogP contribution in [0.25, 0.3) is 0 Å². The van der Waals surface area contributed by atoms with E-state index in [1.165, 1.54) is 42.3 Å². The molecule has 4 aromatic heterocycles. The van der Waals surface area contributed by atoms with Crippen molar-refractivity contribution in [2.24, 2.45) is 5.41 Å². The number of H-pyrrole nitrogens is 3. The second kappa shape index (κ2) is 41.7. The summed E-state index contributed by atoms with van der Waals surface area (Å²) < 4.78 is 1.53. The maximum atomic E-state index is 14.5. The fraction of sp³-hybridized carbons (Fsp3) is 0.567. The van der Waals surface area contributed by atoms with Gasteiger partial charge >= 0.3 is 41.8 Å². The van der Waals surface area contributed by atoms with Crippen LogP contribution < -0.4 is 53.2 Å². The van der Waals surface area contributed by atoms with Crippen molar-refractivity contribution in [1.82, 2.24) is 98.1 Å². The first-order valence-corrected chi connectivity index (χ1v) is 31.9. The highest BCUT2D eigenvalue weighted by Crippen LogP contribution is 2.20. The molecule has 548 valence electrons. The first kappa shape index (κ1) is 81.1. The molecule has 0 aliphatic heterocycles. The number of unbranched alkanes of at least 4 members (excludes halogenated alkanes) is 2. The van der Waals surface area contributed by atoms with Gasteiger partial charge in [-0.3, -0.25) is 62.2 Å². The van der Waals surface area contributed by atoms with E-state index in [0.717, 1.165) is 0 Å². The molecule has 0 aliphatic carbocycles. The summed E-state index contributed by atoms with van der Waals surface area (Å²) >= 11 is 0. The smallest absolute Gasteiger partial charge is 0.326 e. The van der Waals surface area contributed by atoms with Gasteiger partial charge in [0.2, 0.25) is 47.3 Å². The van der Waals surface area contributed by atoms with E-state index < -0.39 is 189 Å². The largest absolute Gasteiger partial charge is 0.481 e. The van der Waals surface area contributed by atoms with E-state index in [1.54, 1.807) is 6.20 Å². The Morgan fingerprint density at radius 1 is 0.430 bits per heavy atom. The predicted molar refractivity (Wildman–Crippen MR) is 342 cm³/mol. The molecule has 0 aromatic carbocycles. The van der Waals surface area contributed by atoms with Crippen LogP contribution in [-0.2, 0) is 99.5 Å². The number of urea groups is 1. The van der Waals surface area contributed by atoms with Crippen molar-refractivity contribution >= 4 is 89.1 Å². The standard InChI is InChI=1S/C60H87N19O21/c1-60(2,3)19-18-45(80)65-28-36-29-79(78-77-36)21-7-5-9-46(81)69-37(10-14-47(82)83)52(91)73-43(23-34-26-62-31-67-34)55(94)71-39(12-16-49(86)87)54(93)74-44(24-35-27-63-32-68-35)56(95)70-38(11-15-48(84)85)53(92)72-42(22-33-25-61-30-66-33)51(90)64-20-6-4-8-40(57(96)97)75-59(100)76-41(58(98)99)13-17-50(88)89/h25-27,29-32,37-44H,4-24,28H2,1-3H3,(H,61,66)(H,62,67)(H,63,68)(H,64,90)(H,65,80)(H,69,81)(H,70,95)(H,71,94)(H,72,92)(H,73,91)(H,74,93)(H,82,83)(H,84,85)(H,86,87)(H,88,89)(H,96,97)(H,98,99)(H2,75,76,100). The molecule has 0 bridgehead atoms. The summed E-state index contributed by atoms with van der Waals surface area (Å²) in [5.74, 6) is -15.8. The highest BCUT2D eigenvalue weighted by Gasteiger charge is 2.36. The first-order chi connectivity index (χ1) is 47.3. The van der Waals surface area contributed by atoms with Crippen molar-refractivity contribution in [3.8, 4) is 0 Å². The van der Waals surface area contributed by atoms with Crippen LogP contribution >= 0.6 is 0 Å². The molecule has 0 fully saturated rings. The van der Waals surface area contributed by atoms with Crippen molar-refractivity contribution in [3.63, 3.8) is 0 Å². The number of hydrogen-bond acceptors (Lipinski definition) is 20. The molecule has 100 heavy (non-hydrogen) atoms. The molecule has 0 saturated carbocycles. The summed E-state index contributed by atoms with van der Waals surface area (Å²) in [5.41, 5.74) is 1.26. The topological polar surface area (TPSA) is 614 Å². The van der Waals surface area contributed by atoms with Crippen LogP contribution in [0.4, 0.5) is 4.79 Å². The average molecular weight is 1410 g/mol. The monoisotopic (exact) mass is 1410 g/mol. The van der Waals surface area contributed by atoms with Crippen molar-refractivity contribution in [3.05, 3.63) is 66.5 Å². The lowest BCUT2D eigenvalue weighted by molar-refractivity contribution is -0.141. The zero-order chi connectivity index (χ0) is 73.9. The minimum Gasteiger partial charge on any atom is -0.481 e. The third-order valence-corrected chi connectivity index (χ3v) is 15.0. The Hall–Kier alpha value is -11.4. The van der Waals surface area contributed by atoms with Gasteiger partial charge in [0.15, 0.2) is 0 Å². The number of rotatable bonds is 48. The lowest BCUT2D eigenvalue weighted by Crippen LogP contribution is -2.60. The molecule has 4 aromatic rings. The number of carboxylic acid groups (broad SMARTS) is 6. The van der Waals surface area contributed by atoms with Gasteiger partial charge in [0.25, 0.3) is 0 Å². The van der Waals surface area contributed by atoms with Crippen molar-refractivity contribution in [1.29, 1.82) is 0 Å². The van der Waals surface area contributed by atoms with Crippen molar-refractivity contribution < 1.29 is 103 Å². The number of aliphatic carboxylic acids is 6. The van der Waals surface area contributed by atoms with Crippen LogP contribution in [0.15, 0.2) is 43.8 Å². The zero-order valence-electron chi connectivity index (χ0n) is 55.2. The van der Waals surface area contributed by atoms with Crippen LogP contribution in [0, 0.1) is 5.41 Å². The normalized spacial score (nSPS) is 13.6. The minimum atomic E-state index is -1.82. The molecule has 0 spiro atoms. The van der Waals surface area contributed by atoms with E-state index >= 15 is 0 Å². The van der Waals surface area contributed by atoms with Gasteiger partial charge in [0, 0.05) is 107 Å². The second-order valence-corrected chi connectivity index (χ2v) is 24.5. The van der Waals surface area contributed by atoms with Crippen molar-refractivity contribution in [2.45, 2.75) is 204 Å². The molecule has 8 atom stereocenters. The second-order valence-electron chi connectivity index (χ2n) is 24.5. The molecule has 0 radical (unpaired) electrons. The number of amides is 10. The quantitative estimate of drug-likeness (QED) is 0.0206. The Morgan fingerprint density at radius 3 is 1.24 bits per heavy atom. The summed E-state index contributed by atoms with van der Waals surface area (Å²) in [7, 11) is 0. The van der Waals surface area contributed by atoms with Gasteiger partial charge in [-0.15, -0.1) is 5.10 Å². The summed E-state index contributed by atoms with van der Waals surface area (Å²) in [6, 6.07) is -14.4. The molecule has 10 amide bonds. The van der Waals surface area contributed by atoms with Gasteiger partial charge in [0.05, 0.1) is 31.7 Å². The van der Waals surface area contributed by atoms with E-state index in [-0.39, 0.29) is 80.7 Å². The molecular weight excluding hydrogens is 1320 g/mol. The van der Waals surface area contributed by atoms with Crippen LogP contribution in [-0.4, -0.2) is 220 Å². The highest BCUT2D eigenvalue weighted by atomic mass is 16.4. The number of aryl methyl sites for hydroxylation is 1. The van der Waals surface area contributed by atoms with E-state index in [0.29, 0.717) is 37.2 Å². The Kier molecular flexibility index (Phi) is 33.8. The van der Waals surface area contributed by atoms with Gasteiger partial charge < -0.3 is 98.8 Å². The molecular formula is C60H87N19O21. The zero-order valence-corrected chi connectivity index (χ0v) is 55.2. The van der Waals surface area contributed by atoms with Crippen LogP contribution in [0.5, 0.6) is 0 Å². The predicted octanol–water partition coefficient (Wildman–Crippen LogP) is -2.35. The fourth-order valence-electron chi connectivity index (χ4n) is 9.52. The molecule has 4 heterocycles. The van der Waals surface area contributed by atoms with Crippen molar-refractivity contribution in [2.75, 3.05) is 6.54 Å². The number of hydrogen-bond donors (Lipinski definition) is 19. The number of carboxylic acids is 6. The number of imidazole rings is 3. The van der Waals surface area contributed by atoms with Gasteiger partial charge in [-0.1, -0.05) is 26.0 Å². The Bertz CT molecular complexity index is 3390. The lowest BCUT2D eigenvalue weighted by Gasteiger charge is -2.27. The molecule has 40 nitrogen and oxygen atoms in total. The molecule has 0 aliphatic rings. The summed E-state index contributed by atoms with van der Waals surface area (Å²) in [6.45, 7) is 6.43. The maximum Gasteiger partial charge on any atom is 0.326 e. The highest BCUT2D eigenvalue weighted by molar-refractivity contribution is 5.98. The van der Waals surface area contributed by atoms with Crippen LogP contribution in [0.3, 0.4) is 0 Å². The molecule has 19 N–H and O–H groups in total. The summed E-state index contributed by atoms with van der Waals surface area (Å²) in [6.07, 6.45) is 4.75. The van der Waals surface area contributed by atoms with Crippen LogP contribution in [0.2, 0.25) is 0 Å². The fourth-order valence-corrected chi connectivity index (χ4v) is 9.52. The third-order valence-electron chi connectivity index (χ3n) is 15.0. The van der Waals surface area contributed by atoms with Gasteiger partial charge in [-0.2, -0.15) is 0 Å². The molecule has 4 rings (SSSR count). The summed E-state index contributed by atoms with van der Waals surface area (Å²) in [5, 5.41) is 89.5.